The van der Waals surface area contributed by atoms with E-state index in [-0.39, 0.29) is 23.4 Å². The monoisotopic (exact) mass is 488 g/mol. The number of Topliss-reactive ketones (excluding diaryl/α,β-unsaturated/α-hetero) is 2. The molecule has 4 bridgehead atoms. The molecule has 7 aliphatic rings. The van der Waals surface area contributed by atoms with E-state index in [4.69, 9.17) is 0 Å². The number of rotatable bonds is 0. The lowest BCUT2D eigenvalue weighted by atomic mass is 9.45. The van der Waals surface area contributed by atoms with E-state index in [1.807, 2.05) is 0 Å². The summed E-state index contributed by atoms with van der Waals surface area (Å²) in [6.45, 7) is 4.33. The molecule has 0 N–H and O–H groups in total. The summed E-state index contributed by atoms with van der Waals surface area (Å²) in [6, 6.07) is 33.7. The Kier molecular flexibility index (Phi) is 3.49. The van der Waals surface area contributed by atoms with Gasteiger partial charge in [0, 0.05) is 45.0 Å². The Morgan fingerprint density at radius 1 is 0.447 bits per heavy atom. The van der Waals surface area contributed by atoms with Crippen molar-refractivity contribution < 1.29 is 9.59 Å². The lowest BCUT2D eigenvalue weighted by Gasteiger charge is -2.55. The van der Waals surface area contributed by atoms with Crippen LogP contribution < -0.4 is 0 Å². The predicted molar refractivity (Wildman–Crippen MR) is 146 cm³/mol. The largest absolute Gasteiger partial charge is 0.289 e. The van der Waals surface area contributed by atoms with Crippen LogP contribution in [0.15, 0.2) is 119 Å². The van der Waals surface area contributed by atoms with Crippen molar-refractivity contribution in [3.63, 3.8) is 0 Å². The molecule has 11 rings (SSSR count). The average molecular weight is 489 g/mol. The maximum absolute atomic E-state index is 15.0. The van der Waals surface area contributed by atoms with E-state index in [1.54, 1.807) is 0 Å². The first-order chi connectivity index (χ1) is 18.5. The standard InChI is InChI=1S/C36H24O2/c1-35-23-15-7-3-11-19(23)27(20-12-4-8-16-24(20)35)29-31(35)33(37)30-28-21-13-5-9-17-25(21)36(2,32(30)34(29)38)26-18-10-6-14-22(26)28/h3-18,27-28H,1-2H3. The van der Waals surface area contributed by atoms with Crippen molar-refractivity contribution in [1.82, 2.24) is 0 Å². The third-order valence-corrected chi connectivity index (χ3v) is 10.3. The van der Waals surface area contributed by atoms with E-state index in [1.165, 1.54) is 0 Å². The van der Waals surface area contributed by atoms with Gasteiger partial charge in [0.15, 0.2) is 11.6 Å². The third kappa shape index (κ3) is 1.95. The fourth-order valence-corrected chi connectivity index (χ4v) is 8.89. The topological polar surface area (TPSA) is 34.1 Å². The molecule has 0 spiro atoms. The zero-order valence-electron chi connectivity index (χ0n) is 21.2. The molecule has 0 fully saturated rings. The highest BCUT2D eigenvalue weighted by molar-refractivity contribution is 6.30. The predicted octanol–water partition coefficient (Wildman–Crippen LogP) is 6.66. The van der Waals surface area contributed by atoms with Gasteiger partial charge in [0.1, 0.15) is 0 Å². The highest BCUT2D eigenvalue weighted by Crippen LogP contribution is 2.66. The molecule has 180 valence electrons. The Bertz CT molecular complexity index is 1660. The number of benzene rings is 4. The molecule has 0 saturated heterocycles. The van der Waals surface area contributed by atoms with Gasteiger partial charge < -0.3 is 0 Å². The number of carbonyl (C=O) groups excluding carboxylic acids is 2. The minimum atomic E-state index is -0.667. The molecule has 38 heavy (non-hydrogen) atoms. The van der Waals surface area contributed by atoms with Crippen molar-refractivity contribution in [2.45, 2.75) is 36.5 Å². The van der Waals surface area contributed by atoms with Crippen LogP contribution in [0.25, 0.3) is 0 Å². The van der Waals surface area contributed by atoms with Gasteiger partial charge in [0.25, 0.3) is 0 Å². The van der Waals surface area contributed by atoms with E-state index in [0.29, 0.717) is 22.3 Å². The normalized spacial score (nSPS) is 28.9. The van der Waals surface area contributed by atoms with Gasteiger partial charge >= 0.3 is 0 Å². The van der Waals surface area contributed by atoms with Gasteiger partial charge in [-0.15, -0.1) is 0 Å². The molecule has 0 aliphatic heterocycles. The highest BCUT2D eigenvalue weighted by Gasteiger charge is 2.62. The maximum Gasteiger partial charge on any atom is 0.188 e. The number of hydrogen-bond acceptors (Lipinski definition) is 2. The summed E-state index contributed by atoms with van der Waals surface area (Å²) in [4.78, 5) is 30.1. The zero-order valence-corrected chi connectivity index (χ0v) is 21.2. The summed E-state index contributed by atoms with van der Waals surface area (Å²) in [6.07, 6.45) is 0. The molecule has 0 aromatic heterocycles. The minimum absolute atomic E-state index is 0.0614. The van der Waals surface area contributed by atoms with Crippen molar-refractivity contribution in [3.8, 4) is 0 Å². The van der Waals surface area contributed by atoms with E-state index in [0.717, 1.165) is 44.5 Å². The Balaban J connectivity index is 1.39. The Morgan fingerprint density at radius 3 is 1.00 bits per heavy atom. The molecule has 4 aromatic carbocycles. The summed E-state index contributed by atoms with van der Waals surface area (Å²) in [5.74, 6) is -0.323. The molecular weight excluding hydrogens is 464 g/mol. The molecule has 4 aromatic rings. The minimum Gasteiger partial charge on any atom is -0.289 e. The summed E-state index contributed by atoms with van der Waals surface area (Å²) >= 11 is 0. The molecule has 0 unspecified atom stereocenters. The van der Waals surface area contributed by atoms with Crippen LogP contribution in [0.5, 0.6) is 0 Å². The van der Waals surface area contributed by atoms with Crippen molar-refractivity contribution >= 4 is 11.6 Å². The van der Waals surface area contributed by atoms with Gasteiger partial charge in [0.05, 0.1) is 0 Å². The van der Waals surface area contributed by atoms with E-state index in [9.17, 15) is 0 Å². The van der Waals surface area contributed by atoms with Gasteiger partial charge in [-0.2, -0.15) is 0 Å². The van der Waals surface area contributed by atoms with Crippen molar-refractivity contribution in [3.05, 3.63) is 164 Å². The van der Waals surface area contributed by atoms with Crippen LogP contribution in [-0.2, 0) is 20.4 Å². The third-order valence-electron chi connectivity index (χ3n) is 10.3. The van der Waals surface area contributed by atoms with Gasteiger partial charge in [-0.3, -0.25) is 9.59 Å². The maximum atomic E-state index is 15.0. The van der Waals surface area contributed by atoms with Crippen LogP contribution >= 0.6 is 0 Å². The molecular formula is C36H24O2. The SMILES string of the molecule is CC12C3=C(C(=O)C4=C(C3=O)C3c5ccccc5C4(C)c4ccccc43)C(c3ccccc31)c1ccccc12. The van der Waals surface area contributed by atoms with Crippen LogP contribution in [0.1, 0.15) is 70.2 Å². The fraction of sp³-hybridized carbons (Fsp3) is 0.167. The van der Waals surface area contributed by atoms with E-state index < -0.39 is 10.8 Å². The molecule has 0 saturated carbocycles. The second-order valence-electron chi connectivity index (χ2n) is 11.7. The van der Waals surface area contributed by atoms with Crippen LogP contribution in [0.4, 0.5) is 0 Å². The molecule has 0 radical (unpaired) electrons. The molecule has 2 heteroatoms. The van der Waals surface area contributed by atoms with Gasteiger partial charge in [-0.1, -0.05) is 97.1 Å². The van der Waals surface area contributed by atoms with Crippen LogP contribution in [0.2, 0.25) is 0 Å². The van der Waals surface area contributed by atoms with Crippen molar-refractivity contribution in [1.29, 1.82) is 0 Å². The first-order valence-corrected chi connectivity index (χ1v) is 13.4. The van der Waals surface area contributed by atoms with Crippen LogP contribution in [-0.4, -0.2) is 11.6 Å². The lowest BCUT2D eigenvalue weighted by Crippen LogP contribution is -2.52. The second kappa shape index (κ2) is 6.39. The smallest absolute Gasteiger partial charge is 0.188 e. The van der Waals surface area contributed by atoms with E-state index >= 15 is 9.59 Å². The number of ketones is 2. The second-order valence-corrected chi connectivity index (χ2v) is 11.7. The Hall–Kier alpha value is -4.30. The van der Waals surface area contributed by atoms with Crippen LogP contribution in [0, 0.1) is 0 Å². The fourth-order valence-electron chi connectivity index (χ4n) is 8.89. The molecule has 0 heterocycles. The molecule has 0 atom stereocenters. The van der Waals surface area contributed by atoms with Gasteiger partial charge in [-0.05, 0) is 58.4 Å². The molecule has 0 amide bonds. The quantitative estimate of drug-likeness (QED) is 0.259. The average Bonchev–Trinajstić information content (AvgIpc) is 2.96. The van der Waals surface area contributed by atoms with Crippen molar-refractivity contribution in [2.24, 2.45) is 0 Å². The molecule has 2 nitrogen and oxygen atoms in total. The first-order valence-electron chi connectivity index (χ1n) is 13.4. The number of carbonyl (C=O) groups is 2. The Morgan fingerprint density at radius 2 is 0.711 bits per heavy atom. The first kappa shape index (κ1) is 20.7. The van der Waals surface area contributed by atoms with Crippen molar-refractivity contribution in [2.75, 3.05) is 0 Å². The molecule has 7 aliphatic carbocycles. The van der Waals surface area contributed by atoms with Gasteiger partial charge in [-0.25, -0.2) is 0 Å². The summed E-state index contributed by atoms with van der Waals surface area (Å²) < 4.78 is 0. The number of hydrogen-bond donors (Lipinski definition) is 0. The Labute approximate surface area is 221 Å². The van der Waals surface area contributed by atoms with E-state index in [2.05, 4.69) is 111 Å². The van der Waals surface area contributed by atoms with Gasteiger partial charge in [0.2, 0.25) is 0 Å². The lowest BCUT2D eigenvalue weighted by molar-refractivity contribution is -0.118. The highest BCUT2D eigenvalue weighted by atomic mass is 16.1. The zero-order chi connectivity index (χ0) is 25.6. The van der Waals surface area contributed by atoms with Crippen LogP contribution in [0.3, 0.4) is 0 Å². The summed E-state index contributed by atoms with van der Waals surface area (Å²) in [5.41, 5.74) is 10.7. The summed E-state index contributed by atoms with van der Waals surface area (Å²) in [7, 11) is 0. The summed E-state index contributed by atoms with van der Waals surface area (Å²) in [5, 5.41) is 0. The number of allylic oxidation sites excluding steroid dienone is 4.